The fourth-order valence-electron chi connectivity index (χ4n) is 3.32. The van der Waals surface area contributed by atoms with Crippen molar-refractivity contribution in [2.75, 3.05) is 13.1 Å². The van der Waals surface area contributed by atoms with E-state index < -0.39 is 0 Å². The molecule has 0 aliphatic carbocycles. The van der Waals surface area contributed by atoms with Crippen LogP contribution in [0.4, 0.5) is 0 Å². The Morgan fingerprint density at radius 2 is 2.07 bits per heavy atom. The van der Waals surface area contributed by atoms with Crippen molar-refractivity contribution in [3.8, 4) is 10.8 Å². The molecular formula is C22H24N4O3S. The minimum absolute atomic E-state index is 0.0746. The van der Waals surface area contributed by atoms with Gasteiger partial charge in [0.1, 0.15) is 11.3 Å². The maximum atomic E-state index is 12.6. The van der Waals surface area contributed by atoms with E-state index in [-0.39, 0.29) is 18.5 Å². The molecule has 4 aromatic rings. The number of furan rings is 1. The van der Waals surface area contributed by atoms with Crippen LogP contribution >= 0.6 is 11.3 Å². The summed E-state index contributed by atoms with van der Waals surface area (Å²) in [5, 5.41) is 14.3. The summed E-state index contributed by atoms with van der Waals surface area (Å²) < 4.78 is 11.6. The zero-order chi connectivity index (χ0) is 20.9. The summed E-state index contributed by atoms with van der Waals surface area (Å²) in [6, 6.07) is 13.5. The monoisotopic (exact) mass is 424 g/mol. The molecular weight excluding hydrogens is 400 g/mol. The standard InChI is InChI=1S/C22H24N4O3S/c1-3-10-26(14-21-24-25-22(29-21)19-9-6-11-30-19)13-20(27)23-15(2)18-12-16-7-4-5-8-17(16)28-18/h4-9,11-12,15H,3,10,13-14H2,1-2H3,(H,23,27)/t15-/m1/s1. The van der Waals surface area contributed by atoms with Gasteiger partial charge < -0.3 is 14.2 Å². The summed E-state index contributed by atoms with van der Waals surface area (Å²) in [7, 11) is 0. The van der Waals surface area contributed by atoms with Crippen LogP contribution in [-0.2, 0) is 11.3 Å². The molecule has 0 aliphatic heterocycles. The summed E-state index contributed by atoms with van der Waals surface area (Å²) in [6.07, 6.45) is 0.915. The lowest BCUT2D eigenvalue weighted by atomic mass is 10.2. The third-order valence-electron chi connectivity index (χ3n) is 4.71. The fraction of sp³-hybridized carbons (Fsp3) is 0.318. The van der Waals surface area contributed by atoms with E-state index in [1.54, 1.807) is 11.3 Å². The Balaban J connectivity index is 1.36. The highest BCUT2D eigenvalue weighted by atomic mass is 32.1. The molecule has 0 saturated carbocycles. The molecule has 0 radical (unpaired) electrons. The zero-order valence-corrected chi connectivity index (χ0v) is 17.8. The van der Waals surface area contributed by atoms with Crippen LogP contribution in [0.1, 0.15) is 38.0 Å². The Bertz CT molecular complexity index is 1070. The third-order valence-corrected chi connectivity index (χ3v) is 5.57. The number of thiophene rings is 1. The summed E-state index contributed by atoms with van der Waals surface area (Å²) in [5.41, 5.74) is 0.819. The van der Waals surface area contributed by atoms with Gasteiger partial charge in [0.15, 0.2) is 0 Å². The summed E-state index contributed by atoms with van der Waals surface area (Å²) >= 11 is 1.55. The van der Waals surface area contributed by atoms with Gasteiger partial charge in [-0.3, -0.25) is 9.69 Å². The van der Waals surface area contributed by atoms with Gasteiger partial charge in [0, 0.05) is 5.39 Å². The van der Waals surface area contributed by atoms with Crippen molar-refractivity contribution < 1.29 is 13.6 Å². The van der Waals surface area contributed by atoms with E-state index in [1.807, 2.05) is 59.7 Å². The smallest absolute Gasteiger partial charge is 0.257 e. The van der Waals surface area contributed by atoms with Crippen molar-refractivity contribution >= 4 is 28.2 Å². The number of aromatic nitrogens is 2. The van der Waals surface area contributed by atoms with Gasteiger partial charge in [-0.2, -0.15) is 0 Å². The lowest BCUT2D eigenvalue weighted by Gasteiger charge is -2.20. The highest BCUT2D eigenvalue weighted by molar-refractivity contribution is 7.13. The third kappa shape index (κ3) is 4.77. The summed E-state index contributed by atoms with van der Waals surface area (Å²) in [4.78, 5) is 15.6. The number of hydrogen-bond donors (Lipinski definition) is 1. The first-order valence-electron chi connectivity index (χ1n) is 9.99. The second-order valence-corrected chi connectivity index (χ2v) is 8.11. The molecule has 3 heterocycles. The number of carbonyl (C=O) groups is 1. The van der Waals surface area contributed by atoms with Crippen molar-refractivity contribution in [3.05, 3.63) is 59.5 Å². The Kier molecular flexibility index (Phi) is 6.25. The van der Waals surface area contributed by atoms with Gasteiger partial charge in [-0.25, -0.2) is 0 Å². The Morgan fingerprint density at radius 1 is 1.20 bits per heavy atom. The second kappa shape index (κ2) is 9.23. The molecule has 7 nitrogen and oxygen atoms in total. The van der Waals surface area contributed by atoms with Crippen LogP contribution in [0.2, 0.25) is 0 Å². The first-order chi connectivity index (χ1) is 14.6. The van der Waals surface area contributed by atoms with E-state index in [4.69, 9.17) is 8.83 Å². The van der Waals surface area contributed by atoms with E-state index in [9.17, 15) is 4.79 Å². The van der Waals surface area contributed by atoms with Crippen LogP contribution in [0.25, 0.3) is 21.7 Å². The van der Waals surface area contributed by atoms with E-state index in [0.29, 0.717) is 18.3 Å². The Hall–Kier alpha value is -2.97. The predicted octanol–water partition coefficient (Wildman–Crippen LogP) is 4.63. The Labute approximate surface area is 178 Å². The number of carbonyl (C=O) groups excluding carboxylic acids is 1. The quantitative estimate of drug-likeness (QED) is 0.422. The number of fused-ring (bicyclic) bond motifs is 1. The van der Waals surface area contributed by atoms with Gasteiger partial charge in [-0.1, -0.05) is 31.2 Å². The summed E-state index contributed by atoms with van der Waals surface area (Å²) in [5.74, 6) is 1.68. The molecule has 4 rings (SSSR count). The first-order valence-corrected chi connectivity index (χ1v) is 10.9. The number of benzene rings is 1. The van der Waals surface area contributed by atoms with E-state index in [2.05, 4.69) is 22.4 Å². The van der Waals surface area contributed by atoms with Gasteiger partial charge in [0.05, 0.1) is 24.0 Å². The molecule has 0 spiro atoms. The fourth-order valence-corrected chi connectivity index (χ4v) is 3.96. The average molecular weight is 425 g/mol. The zero-order valence-electron chi connectivity index (χ0n) is 17.0. The molecule has 156 valence electrons. The molecule has 1 atom stereocenters. The van der Waals surface area contributed by atoms with Crippen molar-refractivity contribution in [2.24, 2.45) is 0 Å². The predicted molar refractivity (Wildman–Crippen MR) is 116 cm³/mol. The van der Waals surface area contributed by atoms with E-state index >= 15 is 0 Å². The SMILES string of the molecule is CCCN(CC(=O)N[C@H](C)c1cc2ccccc2o1)Cc1nnc(-c2cccs2)o1. The molecule has 0 bridgehead atoms. The van der Waals surface area contributed by atoms with Crippen molar-refractivity contribution in [1.29, 1.82) is 0 Å². The molecule has 30 heavy (non-hydrogen) atoms. The molecule has 3 aromatic heterocycles. The molecule has 1 amide bonds. The van der Waals surface area contributed by atoms with Gasteiger partial charge in [0.2, 0.25) is 11.8 Å². The topological polar surface area (TPSA) is 84.4 Å². The average Bonchev–Trinajstić information content (AvgIpc) is 3.47. The number of nitrogens with zero attached hydrogens (tertiary/aromatic N) is 3. The molecule has 0 unspecified atom stereocenters. The lowest BCUT2D eigenvalue weighted by Crippen LogP contribution is -2.38. The van der Waals surface area contributed by atoms with Crippen LogP contribution in [0, 0.1) is 0 Å². The first kappa shape index (κ1) is 20.3. The number of amides is 1. The largest absolute Gasteiger partial charge is 0.459 e. The highest BCUT2D eigenvalue weighted by Crippen LogP contribution is 2.24. The minimum Gasteiger partial charge on any atom is -0.459 e. The van der Waals surface area contributed by atoms with Gasteiger partial charge in [-0.15, -0.1) is 21.5 Å². The van der Waals surface area contributed by atoms with Crippen molar-refractivity contribution in [3.63, 3.8) is 0 Å². The lowest BCUT2D eigenvalue weighted by molar-refractivity contribution is -0.123. The second-order valence-electron chi connectivity index (χ2n) is 7.16. The maximum Gasteiger partial charge on any atom is 0.257 e. The molecule has 1 N–H and O–H groups in total. The van der Waals surface area contributed by atoms with Crippen LogP contribution in [-0.4, -0.2) is 34.1 Å². The van der Waals surface area contributed by atoms with Crippen LogP contribution in [0.15, 0.2) is 56.7 Å². The van der Waals surface area contributed by atoms with E-state index in [1.165, 1.54) is 0 Å². The molecule has 0 fully saturated rings. The molecule has 0 saturated heterocycles. The van der Waals surface area contributed by atoms with Crippen LogP contribution in [0.3, 0.4) is 0 Å². The number of rotatable bonds is 9. The molecule has 0 aliphatic rings. The molecule has 8 heteroatoms. The summed E-state index contributed by atoms with van der Waals surface area (Å²) in [6.45, 7) is 5.43. The minimum atomic E-state index is -0.220. The van der Waals surface area contributed by atoms with Crippen LogP contribution < -0.4 is 5.32 Å². The van der Waals surface area contributed by atoms with Gasteiger partial charge in [0.25, 0.3) is 5.89 Å². The van der Waals surface area contributed by atoms with Gasteiger partial charge in [-0.05, 0) is 43.5 Å². The number of hydrogen-bond acceptors (Lipinski definition) is 7. The normalized spacial score (nSPS) is 12.5. The van der Waals surface area contributed by atoms with E-state index in [0.717, 1.165) is 34.6 Å². The number of nitrogens with one attached hydrogen (secondary N) is 1. The van der Waals surface area contributed by atoms with Crippen molar-refractivity contribution in [2.45, 2.75) is 32.9 Å². The Morgan fingerprint density at radius 3 is 2.83 bits per heavy atom. The highest BCUT2D eigenvalue weighted by Gasteiger charge is 2.19. The number of para-hydroxylation sites is 1. The molecule has 1 aromatic carbocycles. The van der Waals surface area contributed by atoms with Gasteiger partial charge >= 0.3 is 0 Å². The van der Waals surface area contributed by atoms with Crippen molar-refractivity contribution in [1.82, 2.24) is 20.4 Å². The maximum absolute atomic E-state index is 12.6. The van der Waals surface area contributed by atoms with Crippen LogP contribution in [0.5, 0.6) is 0 Å².